The standard InChI is InChI=1S/C43H82NO8P/c1-3-5-7-9-11-13-15-17-18-19-20-21-22-24-26-28-30-32-34-36-43(46)52-41(40-51-53(47,48)50-38-37-44)39-49-42(45)35-33-31-29-27-25-23-16-14-12-10-8-6-4-2/h11,13,17-18,41H,3-10,12,14-16,19-40,44H2,1-2H3,(H,47,48)/b13-11-,18-17-. The third-order valence-electron chi connectivity index (χ3n) is 9.34. The van der Waals surface area contributed by atoms with Crippen LogP contribution in [-0.4, -0.2) is 49.3 Å². The molecule has 0 aromatic heterocycles. The summed E-state index contributed by atoms with van der Waals surface area (Å²) < 4.78 is 32.8. The molecule has 0 radical (unpaired) electrons. The quantitative estimate of drug-likeness (QED) is 0.0269. The molecule has 0 aliphatic heterocycles. The molecule has 0 aromatic carbocycles. The Hall–Kier alpha value is -1.51. The van der Waals surface area contributed by atoms with E-state index >= 15 is 0 Å². The van der Waals surface area contributed by atoms with Crippen LogP contribution in [0.2, 0.25) is 0 Å². The second kappa shape index (κ2) is 40.2. The molecule has 2 atom stereocenters. The van der Waals surface area contributed by atoms with Crippen molar-refractivity contribution in [1.82, 2.24) is 0 Å². The summed E-state index contributed by atoms with van der Waals surface area (Å²) in [7, 11) is -4.37. The van der Waals surface area contributed by atoms with Crippen LogP contribution in [0.1, 0.15) is 206 Å². The maximum Gasteiger partial charge on any atom is 0.472 e. The maximum absolute atomic E-state index is 12.6. The number of esters is 2. The van der Waals surface area contributed by atoms with E-state index in [-0.39, 0.29) is 38.6 Å². The average Bonchev–Trinajstić information content (AvgIpc) is 3.14. The molecule has 0 aliphatic rings. The van der Waals surface area contributed by atoms with Crippen LogP contribution >= 0.6 is 7.82 Å². The van der Waals surface area contributed by atoms with Crippen LogP contribution in [0.4, 0.5) is 0 Å². The van der Waals surface area contributed by atoms with Crippen molar-refractivity contribution in [3.63, 3.8) is 0 Å². The van der Waals surface area contributed by atoms with Crippen molar-refractivity contribution in [3.8, 4) is 0 Å². The molecule has 0 saturated heterocycles. The predicted molar refractivity (Wildman–Crippen MR) is 220 cm³/mol. The van der Waals surface area contributed by atoms with Crippen LogP contribution in [0.5, 0.6) is 0 Å². The Labute approximate surface area is 325 Å². The SMILES string of the molecule is CCCCC/C=C\C/C=C\CCCCCCCCCCCC(=O)OC(COC(=O)CCCCCCCCCCCCCCC)COP(=O)(O)OCCN. The average molecular weight is 772 g/mol. The lowest BCUT2D eigenvalue weighted by molar-refractivity contribution is -0.161. The van der Waals surface area contributed by atoms with Gasteiger partial charge in [-0.1, -0.05) is 173 Å². The van der Waals surface area contributed by atoms with Gasteiger partial charge < -0.3 is 20.1 Å². The van der Waals surface area contributed by atoms with Gasteiger partial charge in [-0.05, 0) is 44.9 Å². The van der Waals surface area contributed by atoms with Crippen molar-refractivity contribution in [1.29, 1.82) is 0 Å². The van der Waals surface area contributed by atoms with E-state index in [1.165, 1.54) is 122 Å². The number of ether oxygens (including phenoxy) is 2. The summed E-state index contributed by atoms with van der Waals surface area (Å²) in [6.07, 6.45) is 42.0. The molecule has 0 fully saturated rings. The van der Waals surface area contributed by atoms with Crippen molar-refractivity contribution in [2.75, 3.05) is 26.4 Å². The molecule has 0 aliphatic carbocycles. The van der Waals surface area contributed by atoms with Crippen molar-refractivity contribution < 1.29 is 37.6 Å². The smallest absolute Gasteiger partial charge is 0.462 e. The number of allylic oxidation sites excluding steroid dienone is 4. The van der Waals surface area contributed by atoms with Gasteiger partial charge >= 0.3 is 19.8 Å². The highest BCUT2D eigenvalue weighted by Gasteiger charge is 2.26. The van der Waals surface area contributed by atoms with Gasteiger partial charge in [-0.15, -0.1) is 0 Å². The van der Waals surface area contributed by atoms with Crippen molar-refractivity contribution in [2.45, 2.75) is 213 Å². The van der Waals surface area contributed by atoms with Crippen molar-refractivity contribution in [2.24, 2.45) is 5.73 Å². The van der Waals surface area contributed by atoms with Gasteiger partial charge in [-0.3, -0.25) is 18.6 Å². The molecule has 0 saturated carbocycles. The summed E-state index contributed by atoms with van der Waals surface area (Å²) in [4.78, 5) is 34.8. The predicted octanol–water partition coefficient (Wildman–Crippen LogP) is 12.4. The molecule has 53 heavy (non-hydrogen) atoms. The Bertz CT molecular complexity index is 928. The van der Waals surface area contributed by atoms with Crippen molar-refractivity contribution >= 4 is 19.8 Å². The molecule has 0 amide bonds. The minimum absolute atomic E-state index is 0.0543. The second-order valence-electron chi connectivity index (χ2n) is 14.6. The van der Waals surface area contributed by atoms with Crippen LogP contribution in [0, 0.1) is 0 Å². The number of phosphoric acid groups is 1. The van der Waals surface area contributed by atoms with Gasteiger partial charge in [0.1, 0.15) is 6.61 Å². The fraction of sp³-hybridized carbons (Fsp3) is 0.860. The van der Waals surface area contributed by atoms with E-state index in [9.17, 15) is 19.0 Å². The molecule has 0 bridgehead atoms. The molecule has 312 valence electrons. The van der Waals surface area contributed by atoms with Crippen LogP contribution in [-0.2, 0) is 32.7 Å². The Morgan fingerprint density at radius 1 is 0.566 bits per heavy atom. The summed E-state index contributed by atoms with van der Waals surface area (Å²) in [5.41, 5.74) is 5.35. The largest absolute Gasteiger partial charge is 0.472 e. The van der Waals surface area contributed by atoms with Gasteiger partial charge in [0, 0.05) is 19.4 Å². The topological polar surface area (TPSA) is 134 Å². The zero-order valence-electron chi connectivity index (χ0n) is 34.3. The van der Waals surface area contributed by atoms with Gasteiger partial charge in [0.2, 0.25) is 0 Å². The number of phosphoric ester groups is 1. The number of unbranched alkanes of at least 4 members (excludes halogenated alkanes) is 24. The molecule has 0 rings (SSSR count). The first-order valence-corrected chi connectivity index (χ1v) is 23.3. The summed E-state index contributed by atoms with van der Waals surface area (Å²) in [6.45, 7) is 3.72. The van der Waals surface area contributed by atoms with E-state index < -0.39 is 26.5 Å². The number of carbonyl (C=O) groups excluding carboxylic acids is 2. The Kier molecular flexibility index (Phi) is 39.0. The van der Waals surface area contributed by atoms with Crippen molar-refractivity contribution in [3.05, 3.63) is 24.3 Å². The Morgan fingerprint density at radius 2 is 0.981 bits per heavy atom. The first-order valence-electron chi connectivity index (χ1n) is 21.8. The third-order valence-corrected chi connectivity index (χ3v) is 10.3. The van der Waals surface area contributed by atoms with Crippen LogP contribution in [0.3, 0.4) is 0 Å². The van der Waals surface area contributed by atoms with Gasteiger partial charge in [-0.25, -0.2) is 4.57 Å². The lowest BCUT2D eigenvalue weighted by Crippen LogP contribution is -2.29. The molecule has 0 spiro atoms. The highest BCUT2D eigenvalue weighted by Crippen LogP contribution is 2.43. The number of nitrogens with two attached hydrogens (primary N) is 1. The van der Waals surface area contributed by atoms with E-state index in [1.54, 1.807) is 0 Å². The minimum atomic E-state index is -4.37. The Balaban J connectivity index is 4.12. The number of hydrogen-bond donors (Lipinski definition) is 2. The van der Waals surface area contributed by atoms with Gasteiger partial charge in [0.05, 0.1) is 13.2 Å². The fourth-order valence-electron chi connectivity index (χ4n) is 6.08. The summed E-state index contributed by atoms with van der Waals surface area (Å²) in [5.74, 6) is -0.826. The van der Waals surface area contributed by atoms with Gasteiger partial charge in [-0.2, -0.15) is 0 Å². The monoisotopic (exact) mass is 772 g/mol. The summed E-state index contributed by atoms with van der Waals surface area (Å²) in [5, 5.41) is 0. The molecule has 0 aromatic rings. The molecule has 3 N–H and O–H groups in total. The summed E-state index contributed by atoms with van der Waals surface area (Å²) >= 11 is 0. The van der Waals surface area contributed by atoms with Crippen LogP contribution in [0.15, 0.2) is 24.3 Å². The zero-order chi connectivity index (χ0) is 38.9. The highest BCUT2D eigenvalue weighted by atomic mass is 31.2. The minimum Gasteiger partial charge on any atom is -0.462 e. The van der Waals surface area contributed by atoms with Crippen LogP contribution in [0.25, 0.3) is 0 Å². The molecule has 2 unspecified atom stereocenters. The number of carbonyl (C=O) groups is 2. The maximum atomic E-state index is 12.6. The van der Waals surface area contributed by atoms with Gasteiger partial charge in [0.25, 0.3) is 0 Å². The van der Waals surface area contributed by atoms with E-state index in [4.69, 9.17) is 24.3 Å². The lowest BCUT2D eigenvalue weighted by Gasteiger charge is -2.19. The molecular weight excluding hydrogens is 689 g/mol. The van der Waals surface area contributed by atoms with E-state index in [0.29, 0.717) is 6.42 Å². The zero-order valence-corrected chi connectivity index (χ0v) is 35.2. The number of hydrogen-bond acceptors (Lipinski definition) is 8. The highest BCUT2D eigenvalue weighted by molar-refractivity contribution is 7.47. The second-order valence-corrected chi connectivity index (χ2v) is 16.0. The van der Waals surface area contributed by atoms with E-state index in [1.807, 2.05) is 0 Å². The first-order chi connectivity index (χ1) is 25.8. The van der Waals surface area contributed by atoms with E-state index in [0.717, 1.165) is 51.4 Å². The Morgan fingerprint density at radius 3 is 1.47 bits per heavy atom. The van der Waals surface area contributed by atoms with E-state index in [2.05, 4.69) is 38.2 Å². The van der Waals surface area contributed by atoms with Gasteiger partial charge in [0.15, 0.2) is 6.10 Å². The molecular formula is C43H82NO8P. The molecule has 10 heteroatoms. The third kappa shape index (κ3) is 40.0. The first kappa shape index (κ1) is 51.5. The molecule has 9 nitrogen and oxygen atoms in total. The normalized spacial score (nSPS) is 13.5. The molecule has 0 heterocycles. The van der Waals surface area contributed by atoms with Crippen LogP contribution < -0.4 is 5.73 Å². The summed E-state index contributed by atoms with van der Waals surface area (Å²) in [6, 6.07) is 0. The lowest BCUT2D eigenvalue weighted by atomic mass is 10.0. The fourth-order valence-corrected chi connectivity index (χ4v) is 6.84. The number of rotatable bonds is 41.